The molecule has 2 aromatic rings. The van der Waals surface area contributed by atoms with Gasteiger partial charge in [0.1, 0.15) is 0 Å². The molecule has 0 aliphatic carbocycles. The number of piperidine rings is 1. The Bertz CT molecular complexity index is 818. The summed E-state index contributed by atoms with van der Waals surface area (Å²) in [5, 5.41) is 5.84. The van der Waals surface area contributed by atoms with E-state index in [1.165, 1.54) is 16.0 Å². The first-order valence-electron chi connectivity index (χ1n) is 10.9. The van der Waals surface area contributed by atoms with Crippen molar-refractivity contribution < 1.29 is 4.74 Å². The van der Waals surface area contributed by atoms with Crippen molar-refractivity contribution in [2.45, 2.75) is 18.9 Å². The summed E-state index contributed by atoms with van der Waals surface area (Å²) in [5.74, 6) is 1.02. The van der Waals surface area contributed by atoms with Crippen LogP contribution in [0.2, 0.25) is 0 Å². The average Bonchev–Trinajstić information content (AvgIpc) is 3.33. The molecule has 2 aliphatic rings. The Hall–Kier alpha value is -2.15. The van der Waals surface area contributed by atoms with Crippen molar-refractivity contribution in [1.29, 1.82) is 0 Å². The summed E-state index contributed by atoms with van der Waals surface area (Å²) in [7, 11) is 1.90. The maximum atomic E-state index is 5.57. The van der Waals surface area contributed by atoms with Crippen LogP contribution in [0.5, 0.6) is 0 Å². The zero-order chi connectivity index (χ0) is 20.6. The monoisotopic (exact) mass is 424 g/mol. The Morgan fingerprint density at radius 3 is 2.53 bits per heavy atom. The first-order valence-corrected chi connectivity index (χ1v) is 11.8. The number of rotatable bonds is 5. The summed E-state index contributed by atoms with van der Waals surface area (Å²) in [5.41, 5.74) is 2.82. The Kier molecular flexibility index (Phi) is 7.56. The van der Waals surface area contributed by atoms with Crippen LogP contribution in [0.3, 0.4) is 0 Å². The van der Waals surface area contributed by atoms with Crippen LogP contribution in [0, 0.1) is 0 Å². The molecule has 5 nitrogen and oxygen atoms in total. The van der Waals surface area contributed by atoms with Crippen LogP contribution in [0.1, 0.15) is 29.3 Å². The highest BCUT2D eigenvalue weighted by Crippen LogP contribution is 2.26. The minimum Gasteiger partial charge on any atom is -0.379 e. The number of nitrogens with zero attached hydrogens (tertiary/aromatic N) is 3. The lowest BCUT2D eigenvalue weighted by molar-refractivity contribution is 0.0176. The number of aliphatic imine (C=N–C) groups is 1. The zero-order valence-electron chi connectivity index (χ0n) is 17.8. The van der Waals surface area contributed by atoms with E-state index in [0.29, 0.717) is 6.04 Å². The van der Waals surface area contributed by atoms with Crippen LogP contribution >= 0.6 is 11.3 Å². The van der Waals surface area contributed by atoms with Crippen LogP contribution in [0.15, 0.2) is 58.4 Å². The normalized spacial score (nSPS) is 19.6. The van der Waals surface area contributed by atoms with Gasteiger partial charge in [0.05, 0.1) is 19.3 Å². The Morgan fingerprint density at radius 1 is 1.10 bits per heavy atom. The van der Waals surface area contributed by atoms with Gasteiger partial charge in [-0.15, -0.1) is 11.3 Å². The van der Waals surface area contributed by atoms with Gasteiger partial charge in [-0.2, -0.15) is 0 Å². The maximum Gasteiger partial charge on any atom is 0.193 e. The van der Waals surface area contributed by atoms with Gasteiger partial charge in [0.15, 0.2) is 5.96 Å². The minimum atomic E-state index is 0.365. The van der Waals surface area contributed by atoms with Crippen LogP contribution in [-0.2, 0) is 4.74 Å². The highest BCUT2D eigenvalue weighted by atomic mass is 32.1. The second-order valence-corrected chi connectivity index (χ2v) is 8.79. The summed E-state index contributed by atoms with van der Waals surface area (Å²) in [4.78, 5) is 10.9. The zero-order valence-corrected chi connectivity index (χ0v) is 18.6. The number of benzene rings is 1. The SMILES string of the molecule is CN=C(NCC(c1cccs1)N1CCOCC1)N1CCC(=Cc2ccccc2)CC1. The molecule has 1 aromatic carbocycles. The second-order valence-electron chi connectivity index (χ2n) is 7.81. The number of ether oxygens (including phenoxy) is 1. The summed E-state index contributed by atoms with van der Waals surface area (Å²) >= 11 is 1.84. The number of hydrogen-bond donors (Lipinski definition) is 1. The molecule has 2 saturated heterocycles. The molecule has 0 spiro atoms. The molecule has 1 aromatic heterocycles. The highest BCUT2D eigenvalue weighted by Gasteiger charge is 2.25. The van der Waals surface area contributed by atoms with Crippen molar-refractivity contribution in [3.05, 3.63) is 63.9 Å². The molecule has 160 valence electrons. The average molecular weight is 425 g/mol. The molecular formula is C24H32N4OS. The third-order valence-corrected chi connectivity index (χ3v) is 6.87. The largest absolute Gasteiger partial charge is 0.379 e. The van der Waals surface area contributed by atoms with Gasteiger partial charge in [-0.1, -0.05) is 48.0 Å². The molecule has 1 unspecified atom stereocenters. The molecular weight excluding hydrogens is 392 g/mol. The van der Waals surface area contributed by atoms with Gasteiger partial charge in [-0.25, -0.2) is 0 Å². The number of thiophene rings is 1. The van der Waals surface area contributed by atoms with Gasteiger partial charge in [-0.3, -0.25) is 9.89 Å². The molecule has 4 rings (SSSR count). The first-order chi connectivity index (χ1) is 14.8. The molecule has 0 bridgehead atoms. The van der Waals surface area contributed by atoms with Crippen molar-refractivity contribution in [3.63, 3.8) is 0 Å². The molecule has 2 fully saturated rings. The molecule has 0 radical (unpaired) electrons. The molecule has 6 heteroatoms. The third kappa shape index (κ3) is 5.50. The number of nitrogens with one attached hydrogen (secondary N) is 1. The summed E-state index contributed by atoms with van der Waals surface area (Å²) < 4.78 is 5.57. The Labute approximate surface area is 184 Å². The Balaban J connectivity index is 1.34. The fraction of sp³-hybridized carbons (Fsp3) is 0.458. The molecule has 1 N–H and O–H groups in total. The van der Waals surface area contributed by atoms with E-state index < -0.39 is 0 Å². The van der Waals surface area contributed by atoms with Crippen molar-refractivity contribution in [2.75, 3.05) is 53.0 Å². The van der Waals surface area contributed by atoms with Gasteiger partial charge in [0, 0.05) is 44.6 Å². The standard InChI is InChI=1S/C24H32N4OS/c1-25-24(28-11-9-21(10-12-28)18-20-6-3-2-4-7-20)26-19-22(23-8-5-17-30-23)27-13-15-29-16-14-27/h2-8,17-18,22H,9-16,19H2,1H3,(H,25,26). The lowest BCUT2D eigenvalue weighted by atomic mass is 10.0. The summed E-state index contributed by atoms with van der Waals surface area (Å²) in [6, 6.07) is 15.4. The molecule has 30 heavy (non-hydrogen) atoms. The quantitative estimate of drug-likeness (QED) is 0.584. The van der Waals surface area contributed by atoms with Gasteiger partial charge >= 0.3 is 0 Å². The van der Waals surface area contributed by atoms with Crippen molar-refractivity contribution in [1.82, 2.24) is 15.1 Å². The third-order valence-electron chi connectivity index (χ3n) is 5.90. The molecule has 0 saturated carbocycles. The highest BCUT2D eigenvalue weighted by molar-refractivity contribution is 7.10. The molecule has 3 heterocycles. The first kappa shape index (κ1) is 21.1. The van der Waals surface area contributed by atoms with E-state index in [1.807, 2.05) is 18.4 Å². The second kappa shape index (κ2) is 10.8. The smallest absolute Gasteiger partial charge is 0.193 e. The maximum absolute atomic E-state index is 5.57. The van der Waals surface area contributed by atoms with E-state index in [1.54, 1.807) is 0 Å². The van der Waals surface area contributed by atoms with Gasteiger partial charge < -0.3 is 15.0 Å². The van der Waals surface area contributed by atoms with Crippen molar-refractivity contribution in [2.24, 2.45) is 4.99 Å². The van der Waals surface area contributed by atoms with Crippen LogP contribution < -0.4 is 5.32 Å². The fourth-order valence-corrected chi connectivity index (χ4v) is 5.10. The van der Waals surface area contributed by atoms with Gasteiger partial charge in [-0.05, 0) is 29.9 Å². The fourth-order valence-electron chi connectivity index (χ4n) is 4.23. The minimum absolute atomic E-state index is 0.365. The summed E-state index contributed by atoms with van der Waals surface area (Å²) in [6.07, 6.45) is 4.53. The summed E-state index contributed by atoms with van der Waals surface area (Å²) in [6.45, 7) is 6.51. The predicted octanol–water partition coefficient (Wildman–Crippen LogP) is 3.88. The molecule has 2 aliphatic heterocycles. The van der Waals surface area contributed by atoms with E-state index in [4.69, 9.17) is 4.74 Å². The predicted molar refractivity (Wildman–Crippen MR) is 126 cm³/mol. The van der Waals surface area contributed by atoms with Crippen LogP contribution in [0.4, 0.5) is 0 Å². The van der Waals surface area contributed by atoms with Crippen molar-refractivity contribution >= 4 is 23.4 Å². The number of hydrogen-bond acceptors (Lipinski definition) is 4. The molecule has 1 atom stereocenters. The number of morpholine rings is 1. The van der Waals surface area contributed by atoms with E-state index in [-0.39, 0.29) is 0 Å². The van der Waals surface area contributed by atoms with E-state index in [2.05, 4.69) is 74.0 Å². The van der Waals surface area contributed by atoms with Gasteiger partial charge in [0.2, 0.25) is 0 Å². The van der Waals surface area contributed by atoms with Crippen LogP contribution in [0.25, 0.3) is 6.08 Å². The van der Waals surface area contributed by atoms with E-state index >= 15 is 0 Å². The van der Waals surface area contributed by atoms with Crippen molar-refractivity contribution in [3.8, 4) is 0 Å². The van der Waals surface area contributed by atoms with E-state index in [0.717, 1.165) is 64.7 Å². The lowest BCUT2D eigenvalue weighted by Crippen LogP contribution is -2.48. The topological polar surface area (TPSA) is 40.1 Å². The Morgan fingerprint density at radius 2 is 1.87 bits per heavy atom. The van der Waals surface area contributed by atoms with Crippen LogP contribution in [-0.4, -0.2) is 68.7 Å². The van der Waals surface area contributed by atoms with E-state index in [9.17, 15) is 0 Å². The number of likely N-dealkylation sites (tertiary alicyclic amines) is 1. The van der Waals surface area contributed by atoms with Gasteiger partial charge in [0.25, 0.3) is 0 Å². The molecule has 0 amide bonds. The lowest BCUT2D eigenvalue weighted by Gasteiger charge is -2.36. The number of guanidine groups is 1.